The van der Waals surface area contributed by atoms with Gasteiger partial charge in [-0.3, -0.25) is 4.79 Å². The zero-order valence-electron chi connectivity index (χ0n) is 14.4. The summed E-state index contributed by atoms with van der Waals surface area (Å²) in [6.07, 6.45) is 4.73. The quantitative estimate of drug-likeness (QED) is 0.849. The third-order valence-corrected chi connectivity index (χ3v) is 7.18. The summed E-state index contributed by atoms with van der Waals surface area (Å²) in [5, 5.41) is 5.98. The molecule has 132 valence electrons. The molecular weight excluding hydrogens is 326 g/mol. The normalized spacial score (nSPS) is 25.9. The fraction of sp³-hybridized carbons (Fsp3) is 0.588. The Kier molecular flexibility index (Phi) is 4.57. The average Bonchev–Trinajstić information content (AvgIpc) is 3.16. The van der Waals surface area contributed by atoms with Crippen LogP contribution in [0, 0.1) is 11.8 Å². The van der Waals surface area contributed by atoms with Crippen molar-refractivity contribution in [3.8, 4) is 0 Å². The van der Waals surface area contributed by atoms with Crippen molar-refractivity contribution in [3.63, 3.8) is 0 Å². The molecule has 0 radical (unpaired) electrons. The maximum absolute atomic E-state index is 12.6. The van der Waals surface area contributed by atoms with E-state index in [1.54, 1.807) is 19.2 Å². The van der Waals surface area contributed by atoms with Crippen LogP contribution < -0.4 is 10.6 Å². The zero-order chi connectivity index (χ0) is 17.5. The van der Waals surface area contributed by atoms with E-state index in [0.29, 0.717) is 17.2 Å². The van der Waals surface area contributed by atoms with Crippen molar-refractivity contribution in [3.05, 3.63) is 23.8 Å². The van der Waals surface area contributed by atoms with Crippen LogP contribution in [0.15, 0.2) is 23.1 Å². The second kappa shape index (κ2) is 6.37. The predicted octanol–water partition coefficient (Wildman–Crippen LogP) is 1.90. The number of nitrogens with zero attached hydrogens (tertiary/aromatic N) is 1. The molecule has 2 bridgehead atoms. The van der Waals surface area contributed by atoms with E-state index in [0.717, 1.165) is 16.6 Å². The molecule has 1 aromatic carbocycles. The number of anilines is 1. The Morgan fingerprint density at radius 2 is 1.96 bits per heavy atom. The largest absolute Gasteiger partial charge is 0.387 e. The lowest BCUT2D eigenvalue weighted by atomic mass is 9.95. The molecule has 0 aliphatic heterocycles. The van der Waals surface area contributed by atoms with Crippen LogP contribution in [0.3, 0.4) is 0 Å². The van der Waals surface area contributed by atoms with Gasteiger partial charge in [0.2, 0.25) is 10.0 Å². The minimum atomic E-state index is -3.62. The van der Waals surface area contributed by atoms with E-state index in [1.807, 2.05) is 0 Å². The van der Waals surface area contributed by atoms with Gasteiger partial charge in [0.25, 0.3) is 5.91 Å². The van der Waals surface area contributed by atoms with E-state index in [4.69, 9.17) is 0 Å². The molecule has 3 rings (SSSR count). The molecule has 3 atom stereocenters. The molecule has 2 saturated carbocycles. The van der Waals surface area contributed by atoms with Crippen LogP contribution in [0.2, 0.25) is 0 Å². The van der Waals surface area contributed by atoms with Crippen molar-refractivity contribution in [2.24, 2.45) is 11.8 Å². The molecule has 2 N–H and O–H groups in total. The highest BCUT2D eigenvalue weighted by atomic mass is 32.2. The van der Waals surface area contributed by atoms with Crippen LogP contribution >= 0.6 is 0 Å². The van der Waals surface area contributed by atoms with Gasteiger partial charge in [-0.2, -0.15) is 0 Å². The molecule has 0 saturated heterocycles. The molecule has 2 aliphatic carbocycles. The molecular formula is C17H25N3O3S. The van der Waals surface area contributed by atoms with E-state index < -0.39 is 10.0 Å². The second-order valence-electron chi connectivity index (χ2n) is 7.00. The summed E-state index contributed by atoms with van der Waals surface area (Å²) in [7, 11) is 1.01. The number of carbonyl (C=O) groups is 1. The number of benzene rings is 1. The van der Waals surface area contributed by atoms with Gasteiger partial charge < -0.3 is 10.6 Å². The lowest BCUT2D eigenvalue weighted by Gasteiger charge is -2.23. The van der Waals surface area contributed by atoms with Crippen molar-refractivity contribution in [1.29, 1.82) is 0 Å². The maximum Gasteiger partial charge on any atom is 0.251 e. The SMILES string of the molecule is CNc1ccc(C(=O)N[C@@H]2C[C@H]3CC[C@@H]2C3)cc1S(=O)(=O)N(C)C. The molecule has 1 aromatic rings. The van der Waals surface area contributed by atoms with Gasteiger partial charge in [-0.1, -0.05) is 6.42 Å². The van der Waals surface area contributed by atoms with Crippen molar-refractivity contribution in [1.82, 2.24) is 9.62 Å². The van der Waals surface area contributed by atoms with E-state index in [1.165, 1.54) is 39.4 Å². The first kappa shape index (κ1) is 17.2. The Bertz CT molecular complexity index is 745. The van der Waals surface area contributed by atoms with Crippen molar-refractivity contribution < 1.29 is 13.2 Å². The third kappa shape index (κ3) is 3.02. The van der Waals surface area contributed by atoms with Gasteiger partial charge in [-0.15, -0.1) is 0 Å². The number of hydrogen-bond acceptors (Lipinski definition) is 4. The highest BCUT2D eigenvalue weighted by Gasteiger charge is 2.40. The molecule has 7 heteroatoms. The second-order valence-corrected chi connectivity index (χ2v) is 9.12. The van der Waals surface area contributed by atoms with Gasteiger partial charge in [-0.05, 0) is 49.3 Å². The number of hydrogen-bond donors (Lipinski definition) is 2. The van der Waals surface area contributed by atoms with Crippen LogP contribution in [0.1, 0.15) is 36.0 Å². The summed E-state index contributed by atoms with van der Waals surface area (Å²) in [4.78, 5) is 12.7. The standard InChI is InChI=1S/C17H25N3O3S/c1-18-14-7-6-13(10-16(14)24(22,23)20(2)3)17(21)19-15-9-11-4-5-12(15)8-11/h6-7,10-12,15,18H,4-5,8-9H2,1-3H3,(H,19,21)/t11-,12+,15+/m0/s1. The van der Waals surface area contributed by atoms with Crippen LogP contribution in [0.5, 0.6) is 0 Å². The van der Waals surface area contributed by atoms with E-state index in [2.05, 4.69) is 10.6 Å². The number of carbonyl (C=O) groups excluding carboxylic acids is 1. The van der Waals surface area contributed by atoms with Gasteiger partial charge >= 0.3 is 0 Å². The molecule has 2 aliphatic rings. The fourth-order valence-corrected chi connectivity index (χ4v) is 5.07. The molecule has 0 spiro atoms. The summed E-state index contributed by atoms with van der Waals surface area (Å²) < 4.78 is 26.1. The monoisotopic (exact) mass is 351 g/mol. The Morgan fingerprint density at radius 1 is 1.21 bits per heavy atom. The Hall–Kier alpha value is -1.60. The minimum absolute atomic E-state index is 0.121. The first-order chi connectivity index (χ1) is 11.3. The predicted molar refractivity (Wildman–Crippen MR) is 93.6 cm³/mol. The van der Waals surface area contributed by atoms with Crippen LogP contribution in [-0.4, -0.2) is 45.8 Å². The van der Waals surface area contributed by atoms with Gasteiger partial charge in [0.05, 0.1) is 5.69 Å². The molecule has 0 unspecified atom stereocenters. The number of amides is 1. The van der Waals surface area contributed by atoms with Crippen LogP contribution in [0.25, 0.3) is 0 Å². The molecule has 2 fully saturated rings. The molecule has 0 heterocycles. The summed E-state index contributed by atoms with van der Waals surface area (Å²) in [6.45, 7) is 0. The summed E-state index contributed by atoms with van der Waals surface area (Å²) in [5.41, 5.74) is 0.873. The highest BCUT2D eigenvalue weighted by molar-refractivity contribution is 7.89. The molecule has 6 nitrogen and oxygen atoms in total. The third-order valence-electron chi connectivity index (χ3n) is 5.33. The Morgan fingerprint density at radius 3 is 2.50 bits per heavy atom. The van der Waals surface area contributed by atoms with Gasteiger partial charge in [0.1, 0.15) is 4.90 Å². The number of nitrogens with one attached hydrogen (secondary N) is 2. The van der Waals surface area contributed by atoms with Gasteiger partial charge in [0, 0.05) is 32.7 Å². The Balaban J connectivity index is 1.84. The minimum Gasteiger partial charge on any atom is -0.387 e. The van der Waals surface area contributed by atoms with Crippen molar-refractivity contribution >= 4 is 21.6 Å². The Labute approximate surface area is 143 Å². The van der Waals surface area contributed by atoms with Crippen LogP contribution in [0.4, 0.5) is 5.69 Å². The van der Waals surface area contributed by atoms with Crippen LogP contribution in [-0.2, 0) is 10.0 Å². The first-order valence-electron chi connectivity index (χ1n) is 8.38. The number of rotatable bonds is 5. The topological polar surface area (TPSA) is 78.5 Å². The average molecular weight is 351 g/mol. The summed E-state index contributed by atoms with van der Waals surface area (Å²) in [5.74, 6) is 1.14. The first-order valence-corrected chi connectivity index (χ1v) is 9.82. The summed E-state index contributed by atoms with van der Waals surface area (Å²) in [6, 6.07) is 5.01. The summed E-state index contributed by atoms with van der Waals surface area (Å²) >= 11 is 0. The van der Waals surface area contributed by atoms with E-state index >= 15 is 0 Å². The van der Waals surface area contributed by atoms with Gasteiger partial charge in [0.15, 0.2) is 0 Å². The zero-order valence-corrected chi connectivity index (χ0v) is 15.2. The highest BCUT2D eigenvalue weighted by Crippen LogP contribution is 2.44. The van der Waals surface area contributed by atoms with Crippen molar-refractivity contribution in [2.75, 3.05) is 26.5 Å². The lowest BCUT2D eigenvalue weighted by Crippen LogP contribution is -2.38. The smallest absolute Gasteiger partial charge is 0.251 e. The molecule has 1 amide bonds. The maximum atomic E-state index is 12.6. The van der Waals surface area contributed by atoms with Gasteiger partial charge in [-0.25, -0.2) is 12.7 Å². The number of sulfonamides is 1. The lowest BCUT2D eigenvalue weighted by molar-refractivity contribution is 0.0922. The molecule has 24 heavy (non-hydrogen) atoms. The van der Waals surface area contributed by atoms with E-state index in [9.17, 15) is 13.2 Å². The fourth-order valence-electron chi connectivity index (χ4n) is 3.95. The molecule has 0 aromatic heterocycles. The van der Waals surface area contributed by atoms with Crippen molar-refractivity contribution in [2.45, 2.75) is 36.6 Å². The number of fused-ring (bicyclic) bond motifs is 2. The van der Waals surface area contributed by atoms with E-state index in [-0.39, 0.29) is 16.8 Å².